The molecule has 0 spiro atoms. The molecule has 5 heteroatoms. The van der Waals surface area contributed by atoms with E-state index in [4.69, 9.17) is 5.73 Å². The number of guanidine groups is 1. The third kappa shape index (κ3) is 4.51. The molecule has 1 heterocycles. The number of nitrogens with one attached hydrogen (secondary N) is 2. The van der Waals surface area contributed by atoms with Crippen molar-refractivity contribution in [2.24, 2.45) is 10.7 Å². The molecular weight excluding hydrogens is 204 g/mol. The molecule has 0 aliphatic carbocycles. The van der Waals surface area contributed by atoms with E-state index in [0.717, 1.165) is 19.3 Å². The Kier molecular flexibility index (Phi) is 5.08. The number of aliphatic imine (C=N–C) groups is 1. The highest BCUT2D eigenvalue weighted by molar-refractivity contribution is 5.78. The quantitative estimate of drug-likeness (QED) is 0.478. The predicted molar refractivity (Wildman–Crippen MR) is 65.2 cm³/mol. The average molecular weight is 226 g/mol. The molecule has 0 aromatic rings. The standard InChI is InChI=1S/C11H22N4O/c1-3-8(2)14-11(12)13-7-9-5-4-6-10(16)15-9/h8-9H,3-7H2,1-2H3,(H,15,16)(H3,12,13,14). The van der Waals surface area contributed by atoms with Crippen molar-refractivity contribution in [2.75, 3.05) is 6.54 Å². The number of nitrogens with zero attached hydrogens (tertiary/aromatic N) is 1. The van der Waals surface area contributed by atoms with Gasteiger partial charge in [0.1, 0.15) is 0 Å². The SMILES string of the molecule is CCC(C)NC(N)=NCC1CCCC(=O)N1. The lowest BCUT2D eigenvalue weighted by atomic mass is 10.0. The molecular formula is C11H22N4O. The molecule has 1 fully saturated rings. The van der Waals surface area contributed by atoms with Crippen molar-refractivity contribution in [1.29, 1.82) is 0 Å². The van der Waals surface area contributed by atoms with Crippen LogP contribution in [0.5, 0.6) is 0 Å². The molecule has 0 saturated carbocycles. The molecule has 5 nitrogen and oxygen atoms in total. The number of hydrogen-bond donors (Lipinski definition) is 3. The Morgan fingerprint density at radius 1 is 1.75 bits per heavy atom. The van der Waals surface area contributed by atoms with Crippen LogP contribution < -0.4 is 16.4 Å². The summed E-state index contributed by atoms with van der Waals surface area (Å²) in [5.41, 5.74) is 5.73. The highest BCUT2D eigenvalue weighted by Gasteiger charge is 2.17. The van der Waals surface area contributed by atoms with Crippen LogP contribution in [-0.4, -0.2) is 30.5 Å². The Hall–Kier alpha value is -1.26. The molecule has 2 unspecified atom stereocenters. The van der Waals surface area contributed by atoms with E-state index in [1.54, 1.807) is 0 Å². The van der Waals surface area contributed by atoms with Gasteiger partial charge in [0.15, 0.2) is 5.96 Å². The van der Waals surface area contributed by atoms with Gasteiger partial charge in [0, 0.05) is 18.5 Å². The van der Waals surface area contributed by atoms with Crippen molar-refractivity contribution in [1.82, 2.24) is 10.6 Å². The highest BCUT2D eigenvalue weighted by atomic mass is 16.1. The Balaban J connectivity index is 2.31. The maximum Gasteiger partial charge on any atom is 0.220 e. The number of piperidine rings is 1. The van der Waals surface area contributed by atoms with Crippen LogP contribution in [0.3, 0.4) is 0 Å². The first-order chi connectivity index (χ1) is 7.61. The van der Waals surface area contributed by atoms with Gasteiger partial charge in [-0.15, -0.1) is 0 Å². The fourth-order valence-electron chi connectivity index (χ4n) is 1.63. The number of nitrogens with two attached hydrogens (primary N) is 1. The second-order valence-corrected chi connectivity index (χ2v) is 4.34. The summed E-state index contributed by atoms with van der Waals surface area (Å²) in [7, 11) is 0. The summed E-state index contributed by atoms with van der Waals surface area (Å²) >= 11 is 0. The zero-order valence-corrected chi connectivity index (χ0v) is 10.1. The van der Waals surface area contributed by atoms with Crippen LogP contribution in [0.1, 0.15) is 39.5 Å². The van der Waals surface area contributed by atoms with Crippen molar-refractivity contribution in [3.05, 3.63) is 0 Å². The van der Waals surface area contributed by atoms with Crippen LogP contribution in [-0.2, 0) is 4.79 Å². The first-order valence-corrected chi connectivity index (χ1v) is 5.97. The molecule has 4 N–H and O–H groups in total. The van der Waals surface area contributed by atoms with E-state index in [9.17, 15) is 4.79 Å². The summed E-state index contributed by atoms with van der Waals surface area (Å²) in [4.78, 5) is 15.4. The molecule has 0 aromatic heterocycles. The van der Waals surface area contributed by atoms with E-state index in [0.29, 0.717) is 25.0 Å². The second-order valence-electron chi connectivity index (χ2n) is 4.34. The molecule has 0 aromatic carbocycles. The van der Waals surface area contributed by atoms with Crippen LogP contribution in [0.4, 0.5) is 0 Å². The summed E-state index contributed by atoms with van der Waals surface area (Å²) in [6, 6.07) is 0.489. The van der Waals surface area contributed by atoms with E-state index >= 15 is 0 Å². The van der Waals surface area contributed by atoms with E-state index < -0.39 is 0 Å². The summed E-state index contributed by atoms with van der Waals surface area (Å²) in [6.45, 7) is 4.72. The van der Waals surface area contributed by atoms with Gasteiger partial charge < -0.3 is 16.4 Å². The molecule has 16 heavy (non-hydrogen) atoms. The van der Waals surface area contributed by atoms with Crippen LogP contribution in [0.15, 0.2) is 4.99 Å². The number of rotatable bonds is 4. The minimum Gasteiger partial charge on any atom is -0.370 e. The Morgan fingerprint density at radius 2 is 2.50 bits per heavy atom. The van der Waals surface area contributed by atoms with Gasteiger partial charge in [-0.05, 0) is 26.2 Å². The minimum absolute atomic E-state index is 0.125. The second kappa shape index (κ2) is 6.35. The van der Waals surface area contributed by atoms with Crippen molar-refractivity contribution >= 4 is 11.9 Å². The first-order valence-electron chi connectivity index (χ1n) is 5.97. The van der Waals surface area contributed by atoms with Gasteiger partial charge in [-0.3, -0.25) is 9.79 Å². The van der Waals surface area contributed by atoms with Gasteiger partial charge in [0.05, 0.1) is 6.54 Å². The number of hydrogen-bond acceptors (Lipinski definition) is 2. The van der Waals surface area contributed by atoms with Gasteiger partial charge in [-0.2, -0.15) is 0 Å². The molecule has 1 rings (SSSR count). The Bertz CT molecular complexity index is 265. The van der Waals surface area contributed by atoms with Crippen molar-refractivity contribution in [2.45, 2.75) is 51.6 Å². The minimum atomic E-state index is 0.125. The Labute approximate surface area is 96.9 Å². The van der Waals surface area contributed by atoms with E-state index in [2.05, 4.69) is 29.5 Å². The summed E-state index contributed by atoms with van der Waals surface area (Å²) in [5.74, 6) is 0.592. The normalized spacial score (nSPS) is 23.8. The van der Waals surface area contributed by atoms with Crippen molar-refractivity contribution in [3.8, 4) is 0 Å². The molecule has 92 valence electrons. The van der Waals surface area contributed by atoms with E-state index in [1.807, 2.05) is 0 Å². The third-order valence-electron chi connectivity index (χ3n) is 2.81. The highest BCUT2D eigenvalue weighted by Crippen LogP contribution is 2.07. The molecule has 1 aliphatic heterocycles. The number of carbonyl (C=O) groups is 1. The number of amides is 1. The van der Waals surface area contributed by atoms with Gasteiger partial charge in [-0.1, -0.05) is 6.92 Å². The van der Waals surface area contributed by atoms with Gasteiger partial charge in [0.25, 0.3) is 0 Å². The van der Waals surface area contributed by atoms with Crippen LogP contribution in [0.25, 0.3) is 0 Å². The van der Waals surface area contributed by atoms with Crippen LogP contribution in [0, 0.1) is 0 Å². The fraction of sp³-hybridized carbons (Fsp3) is 0.818. The van der Waals surface area contributed by atoms with Gasteiger partial charge >= 0.3 is 0 Å². The van der Waals surface area contributed by atoms with Crippen molar-refractivity contribution in [3.63, 3.8) is 0 Å². The zero-order valence-electron chi connectivity index (χ0n) is 10.1. The summed E-state index contributed by atoms with van der Waals surface area (Å²) < 4.78 is 0. The number of carbonyl (C=O) groups excluding carboxylic acids is 1. The van der Waals surface area contributed by atoms with E-state index in [1.165, 1.54) is 0 Å². The maximum absolute atomic E-state index is 11.1. The van der Waals surface area contributed by atoms with Crippen LogP contribution >= 0.6 is 0 Å². The fourth-order valence-corrected chi connectivity index (χ4v) is 1.63. The molecule has 1 amide bonds. The van der Waals surface area contributed by atoms with Gasteiger partial charge in [-0.25, -0.2) is 0 Å². The van der Waals surface area contributed by atoms with Crippen molar-refractivity contribution < 1.29 is 4.79 Å². The lowest BCUT2D eigenvalue weighted by molar-refractivity contribution is -0.123. The van der Waals surface area contributed by atoms with Gasteiger partial charge in [0.2, 0.25) is 5.91 Å². The Morgan fingerprint density at radius 3 is 3.12 bits per heavy atom. The third-order valence-corrected chi connectivity index (χ3v) is 2.81. The predicted octanol–water partition coefficient (Wildman–Crippen LogP) is 0.358. The summed E-state index contributed by atoms with van der Waals surface area (Å²) in [5, 5.41) is 6.01. The molecule has 1 aliphatic rings. The van der Waals surface area contributed by atoms with Crippen LogP contribution in [0.2, 0.25) is 0 Å². The molecule has 2 atom stereocenters. The monoisotopic (exact) mass is 226 g/mol. The smallest absolute Gasteiger partial charge is 0.220 e. The lowest BCUT2D eigenvalue weighted by Crippen LogP contribution is -2.43. The topological polar surface area (TPSA) is 79.5 Å². The van der Waals surface area contributed by atoms with E-state index in [-0.39, 0.29) is 11.9 Å². The largest absolute Gasteiger partial charge is 0.370 e. The average Bonchev–Trinajstić information content (AvgIpc) is 2.26. The lowest BCUT2D eigenvalue weighted by Gasteiger charge is -2.21. The molecule has 0 radical (unpaired) electrons. The zero-order chi connectivity index (χ0) is 12.0. The molecule has 0 bridgehead atoms. The molecule has 1 saturated heterocycles. The maximum atomic E-state index is 11.1. The summed E-state index contributed by atoms with van der Waals surface area (Å²) in [6.07, 6.45) is 3.59. The first kappa shape index (κ1) is 12.8.